The molecule has 0 N–H and O–H groups in total. The maximum Gasteiger partial charge on any atom is 0.180 e. The van der Waals surface area contributed by atoms with E-state index in [9.17, 15) is 0 Å². The smallest absolute Gasteiger partial charge is 0.180 e. The van der Waals surface area contributed by atoms with E-state index >= 15 is 0 Å². The van der Waals surface area contributed by atoms with E-state index in [1.54, 1.807) is 0 Å². The summed E-state index contributed by atoms with van der Waals surface area (Å²) >= 11 is 0. The van der Waals surface area contributed by atoms with Gasteiger partial charge in [-0.05, 0) is 57.6 Å². The topological polar surface area (TPSA) is 43.9 Å². The normalized spacial score (nSPS) is 11.3. The van der Waals surface area contributed by atoms with Gasteiger partial charge in [-0.15, -0.1) is 0 Å². The number of nitrogens with zero attached hydrogens (tertiary/aromatic N) is 3. The molecule has 0 aliphatic carbocycles. The highest BCUT2D eigenvalue weighted by Crippen LogP contribution is 2.49. The van der Waals surface area contributed by atoms with Crippen molar-refractivity contribution in [2.24, 2.45) is 0 Å². The lowest BCUT2D eigenvalue weighted by Crippen LogP contribution is -1.94. The van der Waals surface area contributed by atoms with E-state index in [2.05, 4.69) is 132 Å². The zero-order chi connectivity index (χ0) is 36.8. The summed E-state index contributed by atoms with van der Waals surface area (Å²) in [6.07, 6.45) is 0. The number of para-hydroxylation sites is 1. The Morgan fingerprint density at radius 3 is 1.74 bits per heavy atom. The van der Waals surface area contributed by atoms with Crippen LogP contribution in [0.2, 0.25) is 0 Å². The summed E-state index contributed by atoms with van der Waals surface area (Å²) in [6, 6.07) is 57.6. The number of benzene rings is 8. The van der Waals surface area contributed by atoms with Crippen molar-refractivity contribution in [1.29, 1.82) is 0 Å². The van der Waals surface area contributed by atoms with Gasteiger partial charge in [0.15, 0.2) is 11.4 Å². The number of hydrogen-bond acceptors (Lipinski definition) is 3. The van der Waals surface area contributed by atoms with Crippen molar-refractivity contribution in [3.63, 3.8) is 0 Å². The Labute approximate surface area is 314 Å². The number of aromatic nitrogens is 3. The molecular weight excluding hydrogens is 659 g/mol. The van der Waals surface area contributed by atoms with Crippen LogP contribution in [0.25, 0.3) is 105 Å². The molecule has 54 heavy (non-hydrogen) atoms. The van der Waals surface area contributed by atoms with Gasteiger partial charge < -0.3 is 8.98 Å². The molecule has 3 heterocycles. The molecule has 11 aromatic rings. The van der Waals surface area contributed by atoms with Crippen LogP contribution in [-0.4, -0.2) is 14.5 Å². The molecule has 0 amide bonds. The second-order valence-electron chi connectivity index (χ2n) is 12.9. The molecule has 0 saturated carbocycles. The summed E-state index contributed by atoms with van der Waals surface area (Å²) in [6.45, 7) is 8.00. The fourth-order valence-corrected chi connectivity index (χ4v) is 8.09. The summed E-state index contributed by atoms with van der Waals surface area (Å²) in [5, 5.41) is 8.52. The van der Waals surface area contributed by atoms with Crippen molar-refractivity contribution in [3.8, 4) is 39.5 Å². The van der Waals surface area contributed by atoms with Crippen molar-refractivity contribution >= 4 is 65.4 Å². The van der Waals surface area contributed by atoms with Gasteiger partial charge in [-0.25, -0.2) is 9.97 Å². The molecule has 0 atom stereocenters. The number of furan rings is 1. The molecule has 260 valence electrons. The minimum Gasteiger partial charge on any atom is -0.452 e. The lowest BCUT2D eigenvalue weighted by Gasteiger charge is -2.14. The van der Waals surface area contributed by atoms with Gasteiger partial charge in [0.2, 0.25) is 0 Å². The van der Waals surface area contributed by atoms with E-state index in [0.29, 0.717) is 11.4 Å². The van der Waals surface area contributed by atoms with Crippen molar-refractivity contribution in [2.75, 3.05) is 0 Å². The van der Waals surface area contributed by atoms with Crippen LogP contribution >= 0.6 is 0 Å². The van der Waals surface area contributed by atoms with E-state index in [1.165, 1.54) is 43.4 Å². The van der Waals surface area contributed by atoms with Crippen LogP contribution in [0.4, 0.5) is 0 Å². The average molecular weight is 698 g/mol. The highest BCUT2D eigenvalue weighted by atomic mass is 16.3. The van der Waals surface area contributed by atoms with Gasteiger partial charge in [0, 0.05) is 33.0 Å². The summed E-state index contributed by atoms with van der Waals surface area (Å²) in [5.41, 5.74) is 10.8. The lowest BCUT2D eigenvalue weighted by molar-refractivity contribution is 0.667. The summed E-state index contributed by atoms with van der Waals surface area (Å²) < 4.78 is 9.15. The molecule has 0 fully saturated rings. The fourth-order valence-electron chi connectivity index (χ4n) is 8.09. The van der Waals surface area contributed by atoms with Crippen molar-refractivity contribution < 1.29 is 4.42 Å². The maximum atomic E-state index is 6.74. The Kier molecular flexibility index (Phi) is 8.36. The van der Waals surface area contributed by atoms with Crippen molar-refractivity contribution in [1.82, 2.24) is 14.5 Å². The molecule has 0 aliphatic rings. The third-order valence-corrected chi connectivity index (χ3v) is 10.2. The molecule has 0 unspecified atom stereocenters. The lowest BCUT2D eigenvalue weighted by atomic mass is 9.88. The van der Waals surface area contributed by atoms with Crippen LogP contribution in [0, 0.1) is 0 Å². The van der Waals surface area contributed by atoms with Gasteiger partial charge in [-0.1, -0.05) is 161 Å². The van der Waals surface area contributed by atoms with Crippen LogP contribution in [0.15, 0.2) is 168 Å². The highest BCUT2D eigenvalue weighted by molar-refractivity contribution is 6.37. The van der Waals surface area contributed by atoms with Crippen LogP contribution in [-0.2, 0) is 0 Å². The molecular formula is C50H39N3O. The Bertz CT molecular complexity index is 3070. The first-order chi connectivity index (χ1) is 26.8. The van der Waals surface area contributed by atoms with Gasteiger partial charge in [0.25, 0.3) is 0 Å². The second-order valence-corrected chi connectivity index (χ2v) is 12.9. The molecule has 4 nitrogen and oxygen atoms in total. The molecule has 11 rings (SSSR count). The minimum atomic E-state index is 0.673. The molecule has 4 heteroatoms. The Morgan fingerprint density at radius 2 is 1.00 bits per heavy atom. The first-order valence-corrected chi connectivity index (χ1v) is 18.9. The van der Waals surface area contributed by atoms with Crippen molar-refractivity contribution in [3.05, 3.63) is 164 Å². The molecule has 0 aliphatic heterocycles. The SMILES string of the molecule is CC.CC.c1ccc(-c2nc(-c3ccccc3)c3oc4cccc(-c5ccc6c7c5c5ccccc5c5cccc(c57)n6-c5ccccc5)c4c3n2)cc1. The Morgan fingerprint density at radius 1 is 0.426 bits per heavy atom. The molecule has 8 aromatic carbocycles. The zero-order valence-corrected chi connectivity index (χ0v) is 30.8. The Balaban J connectivity index is 0.000000932. The van der Waals surface area contributed by atoms with E-state index in [4.69, 9.17) is 14.4 Å². The molecule has 0 saturated heterocycles. The Hall–Kier alpha value is -6.78. The van der Waals surface area contributed by atoms with E-state index in [-0.39, 0.29) is 0 Å². The zero-order valence-electron chi connectivity index (χ0n) is 30.8. The third-order valence-electron chi connectivity index (χ3n) is 10.2. The predicted molar refractivity (Wildman–Crippen MR) is 229 cm³/mol. The molecule has 3 aromatic heterocycles. The van der Waals surface area contributed by atoms with Crippen LogP contribution in [0.3, 0.4) is 0 Å². The first kappa shape index (κ1) is 33.1. The fraction of sp³-hybridized carbons (Fsp3) is 0.0800. The van der Waals surface area contributed by atoms with Gasteiger partial charge in [0.1, 0.15) is 16.8 Å². The number of fused-ring (bicyclic) bond motifs is 6. The van der Waals surface area contributed by atoms with E-state index in [0.717, 1.165) is 50.1 Å². The van der Waals surface area contributed by atoms with Crippen LogP contribution in [0.5, 0.6) is 0 Å². The average Bonchev–Trinajstić information content (AvgIpc) is 3.82. The van der Waals surface area contributed by atoms with Gasteiger partial charge in [-0.3, -0.25) is 0 Å². The molecule has 0 spiro atoms. The highest BCUT2D eigenvalue weighted by Gasteiger charge is 2.25. The maximum absolute atomic E-state index is 6.74. The minimum absolute atomic E-state index is 0.673. The summed E-state index contributed by atoms with van der Waals surface area (Å²) in [4.78, 5) is 10.4. The summed E-state index contributed by atoms with van der Waals surface area (Å²) in [5.74, 6) is 0.673. The molecule has 0 bridgehead atoms. The van der Waals surface area contributed by atoms with Crippen LogP contribution in [0.1, 0.15) is 27.7 Å². The largest absolute Gasteiger partial charge is 0.452 e. The van der Waals surface area contributed by atoms with Crippen molar-refractivity contribution in [2.45, 2.75) is 27.7 Å². The second kappa shape index (κ2) is 13.6. The van der Waals surface area contributed by atoms with Gasteiger partial charge >= 0.3 is 0 Å². The van der Waals surface area contributed by atoms with Gasteiger partial charge in [0.05, 0.1) is 16.4 Å². The molecule has 0 radical (unpaired) electrons. The first-order valence-electron chi connectivity index (χ1n) is 18.9. The van der Waals surface area contributed by atoms with Gasteiger partial charge in [-0.2, -0.15) is 0 Å². The predicted octanol–water partition coefficient (Wildman–Crippen LogP) is 14.3. The summed E-state index contributed by atoms with van der Waals surface area (Å²) in [7, 11) is 0. The van der Waals surface area contributed by atoms with Crippen LogP contribution < -0.4 is 0 Å². The van der Waals surface area contributed by atoms with E-state index < -0.39 is 0 Å². The standard InChI is InChI=1S/C46H27N3O.2C2H6/c1-4-14-28(15-5-1)43-45-44(48-46(47-43)29-16-6-2-7-17-29)41-34(23-13-25-38(41)50-45)35-26-27-37-42-39(35)32-21-11-10-20-31(32)33-22-12-24-36(40(33)42)49(37)30-18-8-3-9-19-30;2*1-2/h1-27H;2*1-2H3. The monoisotopic (exact) mass is 697 g/mol. The van der Waals surface area contributed by atoms with E-state index in [1.807, 2.05) is 64.1 Å². The number of hydrogen-bond donors (Lipinski definition) is 0. The third kappa shape index (κ3) is 4.98. The number of rotatable bonds is 4. The quantitative estimate of drug-likeness (QED) is 0.172.